The molecule has 0 aliphatic rings. The predicted octanol–water partition coefficient (Wildman–Crippen LogP) is 2.33. The van der Waals surface area contributed by atoms with Crippen LogP contribution in [0, 0.1) is 0 Å². The van der Waals surface area contributed by atoms with Crippen molar-refractivity contribution < 1.29 is 5.11 Å². The van der Waals surface area contributed by atoms with Gasteiger partial charge in [-0.2, -0.15) is 0 Å². The fraction of sp³-hybridized carbons (Fsp3) is 0.750. The van der Waals surface area contributed by atoms with E-state index in [9.17, 15) is 5.11 Å². The number of aliphatic hydroxyl groups is 1. The Morgan fingerprint density at radius 3 is 2.60 bits per heavy atom. The van der Waals surface area contributed by atoms with Crippen molar-refractivity contribution in [2.75, 3.05) is 5.88 Å². The van der Waals surface area contributed by atoms with Gasteiger partial charge in [0.15, 0.2) is 0 Å². The Bertz CT molecular complexity index is 110. The van der Waals surface area contributed by atoms with E-state index in [0.717, 1.165) is 18.4 Å². The smallest absolute Gasteiger partial charge is 0.0575 e. The number of rotatable bonds is 4. The Morgan fingerprint density at radius 2 is 2.30 bits per heavy atom. The van der Waals surface area contributed by atoms with Crippen LogP contribution in [-0.4, -0.2) is 17.1 Å². The van der Waals surface area contributed by atoms with Crippen molar-refractivity contribution >= 4 is 11.6 Å². The average molecular weight is 163 g/mol. The van der Waals surface area contributed by atoms with Crippen LogP contribution >= 0.6 is 11.6 Å². The van der Waals surface area contributed by atoms with Gasteiger partial charge in [-0.25, -0.2) is 0 Å². The number of hydrogen-bond acceptors (Lipinski definition) is 1. The molecule has 10 heavy (non-hydrogen) atoms. The molecule has 0 bridgehead atoms. The van der Waals surface area contributed by atoms with E-state index >= 15 is 0 Å². The molecule has 1 atom stereocenters. The number of aliphatic hydroxyl groups excluding tert-OH is 1. The first-order valence-electron chi connectivity index (χ1n) is 3.62. The zero-order chi connectivity index (χ0) is 7.98. The third-order valence-electron chi connectivity index (χ3n) is 1.55. The van der Waals surface area contributed by atoms with E-state index in [-0.39, 0.29) is 6.10 Å². The molecule has 0 heterocycles. The topological polar surface area (TPSA) is 20.2 Å². The average Bonchev–Trinajstić information content (AvgIpc) is 1.99. The van der Waals surface area contributed by atoms with Crippen LogP contribution in [0.15, 0.2) is 11.6 Å². The molecule has 1 N–H and O–H groups in total. The summed E-state index contributed by atoms with van der Waals surface area (Å²) in [5.41, 5.74) is 1.12. The van der Waals surface area contributed by atoms with Crippen molar-refractivity contribution in [2.24, 2.45) is 0 Å². The predicted molar refractivity (Wildman–Crippen MR) is 45.4 cm³/mol. The van der Waals surface area contributed by atoms with Gasteiger partial charge in [-0.1, -0.05) is 18.6 Å². The van der Waals surface area contributed by atoms with Gasteiger partial charge in [0.05, 0.1) is 6.10 Å². The summed E-state index contributed by atoms with van der Waals surface area (Å²) in [6, 6.07) is 0. The van der Waals surface area contributed by atoms with E-state index in [2.05, 4.69) is 0 Å². The lowest BCUT2D eigenvalue weighted by molar-refractivity contribution is 0.170. The van der Waals surface area contributed by atoms with Crippen LogP contribution in [0.25, 0.3) is 0 Å². The van der Waals surface area contributed by atoms with Crippen molar-refractivity contribution in [2.45, 2.75) is 32.8 Å². The lowest BCUT2D eigenvalue weighted by Crippen LogP contribution is -2.06. The van der Waals surface area contributed by atoms with Crippen LogP contribution in [0.1, 0.15) is 26.7 Å². The molecule has 1 unspecified atom stereocenters. The number of hydrogen-bond donors (Lipinski definition) is 1. The summed E-state index contributed by atoms with van der Waals surface area (Å²) < 4.78 is 0. The fourth-order valence-electron chi connectivity index (χ4n) is 0.697. The molecule has 0 fully saturated rings. The van der Waals surface area contributed by atoms with Gasteiger partial charge in [-0.15, -0.1) is 11.6 Å². The molecular weight excluding hydrogens is 148 g/mol. The van der Waals surface area contributed by atoms with E-state index in [4.69, 9.17) is 11.6 Å². The number of allylic oxidation sites excluding steroid dienone is 1. The third kappa shape index (κ3) is 3.91. The van der Waals surface area contributed by atoms with Crippen LogP contribution < -0.4 is 0 Å². The molecule has 0 radical (unpaired) electrons. The van der Waals surface area contributed by atoms with Gasteiger partial charge in [0.25, 0.3) is 0 Å². The van der Waals surface area contributed by atoms with Crippen LogP contribution in [0.3, 0.4) is 0 Å². The Hall–Kier alpha value is -0.0100. The molecule has 0 aromatic carbocycles. The highest BCUT2D eigenvalue weighted by Crippen LogP contribution is 2.09. The summed E-state index contributed by atoms with van der Waals surface area (Å²) in [6.07, 6.45) is 3.27. The highest BCUT2D eigenvalue weighted by Gasteiger charge is 2.02. The molecule has 0 saturated heterocycles. The van der Waals surface area contributed by atoms with Crippen LogP contribution in [0.5, 0.6) is 0 Å². The first-order valence-corrected chi connectivity index (χ1v) is 4.16. The van der Waals surface area contributed by atoms with E-state index in [1.54, 1.807) is 0 Å². The SMILES string of the molecule is CC=C(CCl)CC(O)CC. The van der Waals surface area contributed by atoms with Crippen LogP contribution in [-0.2, 0) is 0 Å². The van der Waals surface area contributed by atoms with Gasteiger partial charge in [0.2, 0.25) is 0 Å². The maximum Gasteiger partial charge on any atom is 0.0575 e. The molecule has 1 nitrogen and oxygen atoms in total. The molecule has 0 spiro atoms. The molecule has 0 rings (SSSR count). The maximum atomic E-state index is 9.19. The largest absolute Gasteiger partial charge is 0.393 e. The molecule has 60 valence electrons. The second-order valence-electron chi connectivity index (χ2n) is 2.35. The van der Waals surface area contributed by atoms with Crippen molar-refractivity contribution in [3.63, 3.8) is 0 Å². The van der Waals surface area contributed by atoms with Gasteiger partial charge in [-0.05, 0) is 19.8 Å². The van der Waals surface area contributed by atoms with E-state index in [1.165, 1.54) is 0 Å². The van der Waals surface area contributed by atoms with Gasteiger partial charge in [0.1, 0.15) is 0 Å². The summed E-state index contributed by atoms with van der Waals surface area (Å²) in [4.78, 5) is 0. The van der Waals surface area contributed by atoms with Crippen molar-refractivity contribution in [3.05, 3.63) is 11.6 Å². The zero-order valence-electron chi connectivity index (χ0n) is 6.60. The van der Waals surface area contributed by atoms with E-state index in [0.29, 0.717) is 5.88 Å². The van der Waals surface area contributed by atoms with Crippen molar-refractivity contribution in [3.8, 4) is 0 Å². The van der Waals surface area contributed by atoms with Crippen molar-refractivity contribution in [1.29, 1.82) is 0 Å². The summed E-state index contributed by atoms with van der Waals surface area (Å²) in [5.74, 6) is 0.535. The van der Waals surface area contributed by atoms with Gasteiger partial charge in [0, 0.05) is 5.88 Å². The van der Waals surface area contributed by atoms with Gasteiger partial charge >= 0.3 is 0 Å². The molecule has 0 aromatic heterocycles. The molecular formula is C8H15ClO. The normalized spacial score (nSPS) is 15.4. The minimum atomic E-state index is -0.218. The zero-order valence-corrected chi connectivity index (χ0v) is 7.36. The molecule has 2 heteroatoms. The molecule has 0 aromatic rings. The van der Waals surface area contributed by atoms with E-state index < -0.39 is 0 Å². The van der Waals surface area contributed by atoms with Gasteiger partial charge < -0.3 is 5.11 Å². The van der Waals surface area contributed by atoms with E-state index in [1.807, 2.05) is 19.9 Å². The van der Waals surface area contributed by atoms with Crippen molar-refractivity contribution in [1.82, 2.24) is 0 Å². The minimum absolute atomic E-state index is 0.218. The highest BCUT2D eigenvalue weighted by atomic mass is 35.5. The quantitative estimate of drug-likeness (QED) is 0.497. The second kappa shape index (κ2) is 5.75. The fourth-order valence-corrected chi connectivity index (χ4v) is 0.960. The summed E-state index contributed by atoms with van der Waals surface area (Å²) in [7, 11) is 0. The Labute approximate surface area is 67.7 Å². The molecule has 0 amide bonds. The minimum Gasteiger partial charge on any atom is -0.393 e. The summed E-state index contributed by atoms with van der Waals surface area (Å²) >= 11 is 5.59. The Morgan fingerprint density at radius 1 is 1.70 bits per heavy atom. The van der Waals surface area contributed by atoms with Crippen LogP contribution in [0.2, 0.25) is 0 Å². The van der Waals surface area contributed by atoms with Gasteiger partial charge in [-0.3, -0.25) is 0 Å². The second-order valence-corrected chi connectivity index (χ2v) is 2.61. The summed E-state index contributed by atoms with van der Waals surface area (Å²) in [6.45, 7) is 3.91. The first-order chi connectivity index (χ1) is 4.74. The lowest BCUT2D eigenvalue weighted by atomic mass is 10.1. The Kier molecular flexibility index (Phi) is 5.74. The molecule has 0 aliphatic heterocycles. The Balaban J connectivity index is 3.64. The van der Waals surface area contributed by atoms with Crippen LogP contribution in [0.4, 0.5) is 0 Å². The maximum absolute atomic E-state index is 9.19. The standard InChI is InChI=1S/C8H15ClO/c1-3-7(6-9)5-8(10)4-2/h3,8,10H,4-6H2,1-2H3. The first kappa shape index (κ1) is 9.99. The lowest BCUT2D eigenvalue weighted by Gasteiger charge is -2.07. The molecule has 0 saturated carbocycles. The third-order valence-corrected chi connectivity index (χ3v) is 1.89. The number of alkyl halides is 1. The molecule has 0 aliphatic carbocycles. The highest BCUT2D eigenvalue weighted by molar-refractivity contribution is 6.19. The monoisotopic (exact) mass is 162 g/mol. The summed E-state index contributed by atoms with van der Waals surface area (Å²) in [5, 5.41) is 9.19. The number of halogens is 1.